The second-order valence-corrected chi connectivity index (χ2v) is 8.51. The third-order valence-corrected chi connectivity index (χ3v) is 6.70. The summed E-state index contributed by atoms with van der Waals surface area (Å²) in [6.07, 6.45) is 5.92. The highest BCUT2D eigenvalue weighted by Gasteiger charge is 2.40. The SMILES string of the molecule is CC1=C(C(=O)OC2CCCC2)[C@@H](c2cccc(Cl)c2Cl)C2=C(CCCC2=O)N1. The van der Waals surface area contributed by atoms with Gasteiger partial charge in [-0.05, 0) is 57.1 Å². The van der Waals surface area contributed by atoms with Gasteiger partial charge in [-0.2, -0.15) is 0 Å². The maximum Gasteiger partial charge on any atom is 0.337 e. The fourth-order valence-electron chi connectivity index (χ4n) is 4.53. The molecule has 2 aliphatic carbocycles. The average molecular weight is 420 g/mol. The van der Waals surface area contributed by atoms with Crippen molar-refractivity contribution in [3.8, 4) is 0 Å². The quantitative estimate of drug-likeness (QED) is 0.661. The lowest BCUT2D eigenvalue weighted by atomic mass is 9.75. The molecular weight excluding hydrogens is 397 g/mol. The molecule has 1 aromatic carbocycles. The number of benzene rings is 1. The molecule has 1 N–H and O–H groups in total. The fourth-order valence-corrected chi connectivity index (χ4v) is 4.95. The second-order valence-electron chi connectivity index (χ2n) is 7.72. The first-order valence-corrected chi connectivity index (χ1v) is 10.6. The van der Waals surface area contributed by atoms with E-state index in [1.54, 1.807) is 12.1 Å². The maximum absolute atomic E-state index is 13.2. The van der Waals surface area contributed by atoms with E-state index in [9.17, 15) is 9.59 Å². The van der Waals surface area contributed by atoms with Crippen molar-refractivity contribution in [2.24, 2.45) is 0 Å². The fraction of sp³-hybridized carbons (Fsp3) is 0.455. The predicted molar refractivity (Wildman–Crippen MR) is 109 cm³/mol. The lowest BCUT2D eigenvalue weighted by Crippen LogP contribution is -2.35. The topological polar surface area (TPSA) is 55.4 Å². The summed E-state index contributed by atoms with van der Waals surface area (Å²) in [6.45, 7) is 1.86. The normalized spacial score (nSPS) is 23.0. The van der Waals surface area contributed by atoms with E-state index in [0.717, 1.165) is 49.9 Å². The molecule has 6 heteroatoms. The van der Waals surface area contributed by atoms with Gasteiger partial charge >= 0.3 is 5.97 Å². The zero-order chi connectivity index (χ0) is 19.8. The van der Waals surface area contributed by atoms with Gasteiger partial charge in [0, 0.05) is 29.3 Å². The number of rotatable bonds is 3. The molecule has 0 saturated heterocycles. The zero-order valence-electron chi connectivity index (χ0n) is 15.8. The number of carbonyl (C=O) groups is 2. The number of nitrogens with one attached hydrogen (secondary N) is 1. The number of allylic oxidation sites excluding steroid dienone is 3. The largest absolute Gasteiger partial charge is 0.459 e. The van der Waals surface area contributed by atoms with Gasteiger partial charge in [-0.15, -0.1) is 0 Å². The highest BCUT2D eigenvalue weighted by atomic mass is 35.5. The molecule has 3 aliphatic rings. The van der Waals surface area contributed by atoms with Crippen LogP contribution in [0, 0.1) is 0 Å². The van der Waals surface area contributed by atoms with Crippen LogP contribution in [-0.2, 0) is 14.3 Å². The maximum atomic E-state index is 13.2. The van der Waals surface area contributed by atoms with Crippen LogP contribution >= 0.6 is 23.2 Å². The van der Waals surface area contributed by atoms with Gasteiger partial charge < -0.3 is 10.1 Å². The van der Waals surface area contributed by atoms with E-state index in [1.807, 2.05) is 13.0 Å². The molecular formula is C22H23Cl2NO3. The number of Topliss-reactive ketones (excluding diaryl/α,β-unsaturated/α-hetero) is 1. The lowest BCUT2D eigenvalue weighted by Gasteiger charge is -2.35. The molecule has 0 amide bonds. The van der Waals surface area contributed by atoms with Crippen LogP contribution in [0.5, 0.6) is 0 Å². The predicted octanol–water partition coefficient (Wildman–Crippen LogP) is 5.45. The van der Waals surface area contributed by atoms with E-state index in [-0.39, 0.29) is 17.9 Å². The number of dihydropyridines is 1. The van der Waals surface area contributed by atoms with Crippen LogP contribution in [0.15, 0.2) is 40.7 Å². The minimum atomic E-state index is -0.552. The molecule has 0 radical (unpaired) electrons. The highest BCUT2D eigenvalue weighted by molar-refractivity contribution is 6.42. The zero-order valence-corrected chi connectivity index (χ0v) is 17.3. The first-order chi connectivity index (χ1) is 13.5. The number of hydrogen-bond donors (Lipinski definition) is 1. The summed E-state index contributed by atoms with van der Waals surface area (Å²) in [5.74, 6) is -0.875. The Balaban J connectivity index is 1.81. The molecule has 1 atom stereocenters. The van der Waals surface area contributed by atoms with Crippen LogP contribution in [0.3, 0.4) is 0 Å². The van der Waals surface area contributed by atoms with Crippen LogP contribution in [0.25, 0.3) is 0 Å². The Bertz CT molecular complexity index is 897. The van der Waals surface area contributed by atoms with Gasteiger partial charge in [-0.3, -0.25) is 4.79 Å². The molecule has 1 saturated carbocycles. The molecule has 4 nitrogen and oxygen atoms in total. The van der Waals surface area contributed by atoms with Crippen molar-refractivity contribution >= 4 is 35.0 Å². The van der Waals surface area contributed by atoms with Crippen molar-refractivity contribution in [3.63, 3.8) is 0 Å². The van der Waals surface area contributed by atoms with Crippen molar-refractivity contribution < 1.29 is 14.3 Å². The summed E-state index contributed by atoms with van der Waals surface area (Å²) in [6, 6.07) is 5.35. The van der Waals surface area contributed by atoms with Gasteiger partial charge in [0.25, 0.3) is 0 Å². The molecule has 0 spiro atoms. The molecule has 148 valence electrons. The summed E-state index contributed by atoms with van der Waals surface area (Å²) >= 11 is 12.8. The Kier molecular flexibility index (Phi) is 5.52. The van der Waals surface area contributed by atoms with E-state index in [2.05, 4.69) is 5.32 Å². The molecule has 0 aromatic heterocycles. The van der Waals surface area contributed by atoms with E-state index >= 15 is 0 Å². The van der Waals surface area contributed by atoms with Crippen LogP contribution in [-0.4, -0.2) is 17.9 Å². The van der Waals surface area contributed by atoms with Crippen molar-refractivity contribution in [2.45, 2.75) is 63.9 Å². The summed E-state index contributed by atoms with van der Waals surface area (Å²) in [7, 11) is 0. The number of carbonyl (C=O) groups excluding carboxylic acids is 2. The average Bonchev–Trinajstić information content (AvgIpc) is 3.16. The smallest absolute Gasteiger partial charge is 0.337 e. The Morgan fingerprint density at radius 3 is 2.64 bits per heavy atom. The third kappa shape index (κ3) is 3.48. The van der Waals surface area contributed by atoms with Crippen LogP contribution in [0.1, 0.15) is 63.4 Å². The second kappa shape index (κ2) is 7.92. The molecule has 28 heavy (non-hydrogen) atoms. The highest BCUT2D eigenvalue weighted by Crippen LogP contribution is 2.46. The molecule has 1 fully saturated rings. The van der Waals surface area contributed by atoms with Crippen molar-refractivity contribution in [1.29, 1.82) is 0 Å². The Hall–Kier alpha value is -1.78. The Labute approximate surface area is 174 Å². The molecule has 4 rings (SSSR count). The minimum absolute atomic E-state index is 0.0495. The van der Waals surface area contributed by atoms with Gasteiger partial charge in [-0.1, -0.05) is 35.3 Å². The van der Waals surface area contributed by atoms with Crippen LogP contribution in [0.4, 0.5) is 0 Å². The molecule has 1 heterocycles. The number of esters is 1. The van der Waals surface area contributed by atoms with E-state index < -0.39 is 5.92 Å². The molecule has 0 unspecified atom stereocenters. The molecule has 1 aliphatic heterocycles. The van der Waals surface area contributed by atoms with Gasteiger partial charge in [0.1, 0.15) is 6.10 Å². The number of hydrogen-bond acceptors (Lipinski definition) is 4. The summed E-state index contributed by atoms with van der Waals surface area (Å²) in [4.78, 5) is 26.1. The summed E-state index contributed by atoms with van der Waals surface area (Å²) in [5, 5.41) is 4.08. The minimum Gasteiger partial charge on any atom is -0.459 e. The molecule has 1 aromatic rings. The van der Waals surface area contributed by atoms with Crippen molar-refractivity contribution in [1.82, 2.24) is 5.32 Å². The summed E-state index contributed by atoms with van der Waals surface area (Å²) in [5.41, 5.74) is 3.37. The van der Waals surface area contributed by atoms with Gasteiger partial charge in [-0.25, -0.2) is 4.79 Å². The Morgan fingerprint density at radius 1 is 1.14 bits per heavy atom. The Morgan fingerprint density at radius 2 is 1.89 bits per heavy atom. The van der Waals surface area contributed by atoms with Crippen LogP contribution < -0.4 is 5.32 Å². The molecule has 0 bridgehead atoms. The lowest BCUT2D eigenvalue weighted by molar-refractivity contribution is -0.144. The number of ether oxygens (including phenoxy) is 1. The van der Waals surface area contributed by atoms with E-state index in [1.165, 1.54) is 0 Å². The summed E-state index contributed by atoms with van der Waals surface area (Å²) < 4.78 is 5.81. The third-order valence-electron chi connectivity index (χ3n) is 5.86. The van der Waals surface area contributed by atoms with Crippen molar-refractivity contribution in [2.75, 3.05) is 0 Å². The van der Waals surface area contributed by atoms with E-state index in [4.69, 9.17) is 27.9 Å². The van der Waals surface area contributed by atoms with Gasteiger partial charge in [0.15, 0.2) is 5.78 Å². The van der Waals surface area contributed by atoms with E-state index in [0.29, 0.717) is 33.2 Å². The monoisotopic (exact) mass is 419 g/mol. The number of halogens is 2. The van der Waals surface area contributed by atoms with Crippen molar-refractivity contribution in [3.05, 3.63) is 56.3 Å². The first-order valence-electron chi connectivity index (χ1n) is 9.86. The first kappa shape index (κ1) is 19.5. The number of ketones is 1. The standard InChI is InChI=1S/C22H23Cl2NO3/c1-12-18(22(27)28-13-6-2-3-7-13)19(14-8-4-9-15(23)21(14)24)20-16(25-12)10-5-11-17(20)26/h4,8-9,13,19,25H,2-3,5-7,10-11H2,1H3/t19-/m1/s1. The van der Waals surface area contributed by atoms with Gasteiger partial charge in [0.05, 0.1) is 15.6 Å². The van der Waals surface area contributed by atoms with Crippen LogP contribution in [0.2, 0.25) is 10.0 Å². The van der Waals surface area contributed by atoms with Gasteiger partial charge in [0.2, 0.25) is 0 Å².